The molecular formula is C21H29NO4. The zero-order valence-corrected chi connectivity index (χ0v) is 15.6. The van der Waals surface area contributed by atoms with E-state index in [0.29, 0.717) is 30.1 Å². The minimum atomic E-state index is -0.307. The molecule has 4 rings (SSSR count). The molecule has 0 aliphatic heterocycles. The fourth-order valence-corrected chi connectivity index (χ4v) is 6.18. The summed E-state index contributed by atoms with van der Waals surface area (Å²) in [6.45, 7) is 4.16. The Morgan fingerprint density at radius 1 is 1.31 bits per heavy atom. The van der Waals surface area contributed by atoms with E-state index in [1.54, 1.807) is 0 Å². The summed E-state index contributed by atoms with van der Waals surface area (Å²) in [6.07, 6.45) is 5.04. The highest BCUT2D eigenvalue weighted by Gasteiger charge is 2.55. The Morgan fingerprint density at radius 3 is 2.85 bits per heavy atom. The zero-order chi connectivity index (χ0) is 18.5. The summed E-state index contributed by atoms with van der Waals surface area (Å²) in [4.78, 5) is 16.4. The van der Waals surface area contributed by atoms with E-state index in [1.807, 2.05) is 12.1 Å². The van der Waals surface area contributed by atoms with Crippen LogP contribution in [0.25, 0.3) is 0 Å². The molecule has 3 aliphatic carbocycles. The highest BCUT2D eigenvalue weighted by atomic mass is 16.6. The van der Waals surface area contributed by atoms with Crippen molar-refractivity contribution in [1.29, 1.82) is 0 Å². The van der Waals surface area contributed by atoms with Crippen molar-refractivity contribution in [3.05, 3.63) is 29.3 Å². The Bertz CT molecular complexity index is 705. The molecule has 0 saturated heterocycles. The van der Waals surface area contributed by atoms with Crippen LogP contribution in [-0.4, -0.2) is 23.8 Å². The second-order valence-corrected chi connectivity index (χ2v) is 8.66. The monoisotopic (exact) mass is 359 g/mol. The molecule has 0 heterocycles. The first-order valence-electron chi connectivity index (χ1n) is 9.76. The van der Waals surface area contributed by atoms with Gasteiger partial charge in [-0.25, -0.2) is 5.90 Å². The first kappa shape index (κ1) is 18.0. The second-order valence-electron chi connectivity index (χ2n) is 8.66. The molecule has 0 bridgehead atoms. The molecule has 5 nitrogen and oxygen atoms in total. The van der Waals surface area contributed by atoms with Gasteiger partial charge >= 0.3 is 5.97 Å². The smallest absolute Gasteiger partial charge is 0.308 e. The van der Waals surface area contributed by atoms with Crippen LogP contribution in [0, 0.1) is 17.3 Å². The minimum Gasteiger partial charge on any atom is -0.427 e. The number of hydrogen-bond donors (Lipinski definition) is 2. The summed E-state index contributed by atoms with van der Waals surface area (Å²) in [6, 6.07) is 6.02. The maximum absolute atomic E-state index is 11.3. The lowest BCUT2D eigenvalue weighted by atomic mass is 9.54. The standard InChI is InChI=1S/C21H29NO4/c1-12(23)26-14-3-4-15-16-7-8-21(2)19(5-6-20(21)24)18(16)9-13(11-25-22)17(15)10-14/h3-4,10,13,16,18-20,24H,5-9,11,22H2,1-2H3/t13-,16+,18+,19+,20?,21-/m0/s1. The first-order chi connectivity index (χ1) is 12.4. The number of esters is 1. The van der Waals surface area contributed by atoms with E-state index in [2.05, 4.69) is 13.0 Å². The van der Waals surface area contributed by atoms with Crippen molar-refractivity contribution in [1.82, 2.24) is 0 Å². The van der Waals surface area contributed by atoms with Crippen molar-refractivity contribution in [3.63, 3.8) is 0 Å². The number of ether oxygens (including phenoxy) is 1. The van der Waals surface area contributed by atoms with Crippen LogP contribution >= 0.6 is 0 Å². The van der Waals surface area contributed by atoms with E-state index >= 15 is 0 Å². The number of aliphatic hydroxyl groups excluding tert-OH is 1. The molecule has 6 atom stereocenters. The number of aliphatic hydroxyl groups is 1. The fraction of sp³-hybridized carbons (Fsp3) is 0.667. The van der Waals surface area contributed by atoms with Crippen LogP contribution in [0.3, 0.4) is 0 Å². The lowest BCUT2D eigenvalue weighted by molar-refractivity contribution is -0.131. The van der Waals surface area contributed by atoms with Gasteiger partial charge in [0.05, 0.1) is 12.7 Å². The summed E-state index contributed by atoms with van der Waals surface area (Å²) in [7, 11) is 0. The maximum atomic E-state index is 11.3. The molecule has 2 fully saturated rings. The van der Waals surface area contributed by atoms with Gasteiger partial charge in [-0.3, -0.25) is 4.79 Å². The predicted octanol–water partition coefficient (Wildman–Crippen LogP) is 3.26. The van der Waals surface area contributed by atoms with E-state index in [9.17, 15) is 9.90 Å². The van der Waals surface area contributed by atoms with Crippen molar-refractivity contribution in [2.75, 3.05) is 6.61 Å². The molecule has 0 aromatic heterocycles. The third-order valence-corrected chi connectivity index (χ3v) is 7.40. The summed E-state index contributed by atoms with van der Waals surface area (Å²) in [5.41, 5.74) is 2.60. The van der Waals surface area contributed by atoms with Gasteiger partial charge in [0, 0.05) is 12.8 Å². The highest BCUT2D eigenvalue weighted by Crippen LogP contribution is 2.62. The normalized spacial score (nSPS) is 38.2. The van der Waals surface area contributed by atoms with Gasteiger partial charge in [0.1, 0.15) is 5.75 Å². The fourth-order valence-electron chi connectivity index (χ4n) is 6.18. The van der Waals surface area contributed by atoms with Crippen LogP contribution in [0.2, 0.25) is 0 Å². The Labute approximate surface area is 154 Å². The maximum Gasteiger partial charge on any atom is 0.308 e. The van der Waals surface area contributed by atoms with E-state index in [-0.39, 0.29) is 23.4 Å². The summed E-state index contributed by atoms with van der Waals surface area (Å²) >= 11 is 0. The number of rotatable bonds is 3. The topological polar surface area (TPSA) is 81.8 Å². The van der Waals surface area contributed by atoms with Crippen molar-refractivity contribution < 1.29 is 19.5 Å². The number of hydrogen-bond acceptors (Lipinski definition) is 5. The van der Waals surface area contributed by atoms with Crippen LogP contribution in [0.4, 0.5) is 0 Å². The molecule has 2 saturated carbocycles. The third kappa shape index (κ3) is 2.77. The lowest BCUT2D eigenvalue weighted by Crippen LogP contribution is -2.44. The quantitative estimate of drug-likeness (QED) is 0.492. The van der Waals surface area contributed by atoms with Crippen molar-refractivity contribution in [2.24, 2.45) is 23.1 Å². The number of fused-ring (bicyclic) bond motifs is 5. The molecule has 0 radical (unpaired) electrons. The van der Waals surface area contributed by atoms with Crippen LogP contribution in [0.1, 0.15) is 68.9 Å². The molecule has 142 valence electrons. The number of carbonyl (C=O) groups excluding carboxylic acids is 1. The molecule has 0 spiro atoms. The van der Waals surface area contributed by atoms with Gasteiger partial charge in [-0.05, 0) is 78.5 Å². The SMILES string of the molecule is CC(=O)Oc1ccc2c(c1)[C@H](CON)C[C@@H]1[C@@H]2CC[C@]2(C)C(O)CC[C@H]12. The Morgan fingerprint density at radius 2 is 2.12 bits per heavy atom. The third-order valence-electron chi connectivity index (χ3n) is 7.40. The Kier molecular flexibility index (Phi) is 4.58. The molecule has 1 aromatic rings. The van der Waals surface area contributed by atoms with Gasteiger partial charge < -0.3 is 14.7 Å². The molecular weight excluding hydrogens is 330 g/mol. The molecule has 5 heteroatoms. The van der Waals surface area contributed by atoms with Gasteiger partial charge in [-0.1, -0.05) is 13.0 Å². The second kappa shape index (κ2) is 6.63. The summed E-state index contributed by atoms with van der Waals surface area (Å²) < 4.78 is 5.30. The van der Waals surface area contributed by atoms with E-state index < -0.39 is 0 Å². The van der Waals surface area contributed by atoms with Crippen LogP contribution < -0.4 is 10.6 Å². The number of carbonyl (C=O) groups is 1. The lowest BCUT2D eigenvalue weighted by Gasteiger charge is -2.51. The molecule has 3 N–H and O–H groups in total. The Balaban J connectivity index is 1.71. The number of benzene rings is 1. The zero-order valence-electron chi connectivity index (χ0n) is 15.6. The van der Waals surface area contributed by atoms with Crippen molar-refractivity contribution >= 4 is 5.97 Å². The molecule has 1 aromatic carbocycles. The Hall–Kier alpha value is -1.43. The van der Waals surface area contributed by atoms with E-state index in [4.69, 9.17) is 15.5 Å². The first-order valence-corrected chi connectivity index (χ1v) is 9.76. The van der Waals surface area contributed by atoms with Gasteiger partial charge in [0.15, 0.2) is 0 Å². The minimum absolute atomic E-state index is 0.0461. The van der Waals surface area contributed by atoms with Gasteiger partial charge in [0.2, 0.25) is 0 Å². The van der Waals surface area contributed by atoms with Crippen molar-refractivity contribution in [3.8, 4) is 5.75 Å². The van der Waals surface area contributed by atoms with Crippen LogP contribution in [0.15, 0.2) is 18.2 Å². The average Bonchev–Trinajstić information content (AvgIpc) is 2.90. The van der Waals surface area contributed by atoms with Crippen LogP contribution in [0.5, 0.6) is 5.75 Å². The number of nitrogens with two attached hydrogens (primary N) is 1. The highest BCUT2D eigenvalue weighted by molar-refractivity contribution is 5.69. The molecule has 1 unspecified atom stereocenters. The average molecular weight is 359 g/mol. The predicted molar refractivity (Wildman–Crippen MR) is 97.6 cm³/mol. The van der Waals surface area contributed by atoms with Crippen molar-refractivity contribution in [2.45, 2.75) is 63.9 Å². The molecule has 26 heavy (non-hydrogen) atoms. The largest absolute Gasteiger partial charge is 0.427 e. The van der Waals surface area contributed by atoms with Gasteiger partial charge in [-0.2, -0.15) is 0 Å². The van der Waals surface area contributed by atoms with E-state index in [0.717, 1.165) is 32.1 Å². The van der Waals surface area contributed by atoms with Crippen LogP contribution in [-0.2, 0) is 9.63 Å². The molecule has 3 aliphatic rings. The van der Waals surface area contributed by atoms with Gasteiger partial charge in [-0.15, -0.1) is 0 Å². The van der Waals surface area contributed by atoms with E-state index in [1.165, 1.54) is 18.1 Å². The van der Waals surface area contributed by atoms with Gasteiger partial charge in [0.25, 0.3) is 0 Å². The summed E-state index contributed by atoms with van der Waals surface area (Å²) in [5, 5.41) is 10.6. The summed E-state index contributed by atoms with van der Waals surface area (Å²) in [5.74, 6) is 7.53. The molecule has 0 amide bonds.